The van der Waals surface area contributed by atoms with E-state index in [0.717, 1.165) is 30.8 Å². The predicted octanol–water partition coefficient (Wildman–Crippen LogP) is 3.42. The van der Waals surface area contributed by atoms with Crippen molar-refractivity contribution >= 4 is 17.3 Å². The Morgan fingerprint density at radius 1 is 1.33 bits per heavy atom. The highest BCUT2D eigenvalue weighted by Gasteiger charge is 2.23. The molecule has 1 N–H and O–H groups in total. The van der Waals surface area contributed by atoms with Crippen molar-refractivity contribution < 1.29 is 0 Å². The van der Waals surface area contributed by atoms with Crippen LogP contribution < -0.4 is 5.32 Å². The third-order valence-corrected chi connectivity index (χ3v) is 4.59. The Kier molecular flexibility index (Phi) is 4.17. The zero-order chi connectivity index (χ0) is 14.8. The maximum atomic E-state index is 6.38. The molecule has 0 spiro atoms. The quantitative estimate of drug-likeness (QED) is 0.943. The van der Waals surface area contributed by atoms with Crippen molar-refractivity contribution in [1.29, 1.82) is 0 Å². The van der Waals surface area contributed by atoms with E-state index in [-0.39, 0.29) is 0 Å². The van der Waals surface area contributed by atoms with Gasteiger partial charge in [-0.2, -0.15) is 5.10 Å². The van der Waals surface area contributed by atoms with Crippen LogP contribution in [0.2, 0.25) is 5.02 Å². The first kappa shape index (κ1) is 14.4. The second kappa shape index (κ2) is 6.08. The summed E-state index contributed by atoms with van der Waals surface area (Å²) in [7, 11) is 2.19. The normalized spacial score (nSPS) is 23.2. The number of likely N-dealkylation sites (tertiary alicyclic amines) is 1. The number of halogens is 1. The topological polar surface area (TPSA) is 33.1 Å². The molecule has 5 heteroatoms. The fourth-order valence-corrected chi connectivity index (χ4v) is 3.17. The van der Waals surface area contributed by atoms with Gasteiger partial charge in [0.05, 0.1) is 10.7 Å². The van der Waals surface area contributed by atoms with E-state index in [9.17, 15) is 0 Å². The smallest absolute Gasteiger partial charge is 0.106 e. The first-order valence-corrected chi connectivity index (χ1v) is 7.78. The number of anilines is 1. The molecule has 1 saturated heterocycles. The lowest BCUT2D eigenvalue weighted by molar-refractivity contribution is 0.190. The van der Waals surface area contributed by atoms with Gasteiger partial charge in [0.25, 0.3) is 0 Å². The maximum absolute atomic E-state index is 6.38. The van der Waals surface area contributed by atoms with Crippen molar-refractivity contribution in [2.45, 2.75) is 31.8 Å². The van der Waals surface area contributed by atoms with Crippen LogP contribution in [0.5, 0.6) is 0 Å². The van der Waals surface area contributed by atoms with Gasteiger partial charge in [-0.25, -0.2) is 4.68 Å². The Balaban J connectivity index is 1.85. The number of rotatable bonds is 3. The highest BCUT2D eigenvalue weighted by atomic mass is 35.5. The minimum absolute atomic E-state index is 0.476. The molecule has 2 unspecified atom stereocenters. The molecule has 0 bridgehead atoms. The molecule has 4 nitrogen and oxygen atoms in total. The van der Waals surface area contributed by atoms with E-state index in [2.05, 4.69) is 35.4 Å². The number of hydrogen-bond acceptors (Lipinski definition) is 3. The zero-order valence-electron chi connectivity index (χ0n) is 12.5. The van der Waals surface area contributed by atoms with Crippen molar-refractivity contribution in [3.05, 3.63) is 41.7 Å². The van der Waals surface area contributed by atoms with Crippen LogP contribution in [0.3, 0.4) is 0 Å². The van der Waals surface area contributed by atoms with Gasteiger partial charge in [-0.3, -0.25) is 0 Å². The fraction of sp³-hybridized carbons (Fsp3) is 0.438. The van der Waals surface area contributed by atoms with Crippen LogP contribution in [-0.2, 0) is 0 Å². The second-order valence-electron chi connectivity index (χ2n) is 5.78. The summed E-state index contributed by atoms with van der Waals surface area (Å²) in [5.41, 5.74) is 1.98. The molecule has 2 heterocycles. The third-order valence-electron chi connectivity index (χ3n) is 4.29. The summed E-state index contributed by atoms with van der Waals surface area (Å²) in [5, 5.41) is 8.68. The molecule has 21 heavy (non-hydrogen) atoms. The van der Waals surface area contributed by atoms with E-state index >= 15 is 0 Å². The molecule has 0 amide bonds. The Morgan fingerprint density at radius 2 is 2.19 bits per heavy atom. The Hall–Kier alpha value is -1.52. The van der Waals surface area contributed by atoms with E-state index in [1.807, 2.05) is 29.1 Å². The number of benzene rings is 1. The van der Waals surface area contributed by atoms with E-state index < -0.39 is 0 Å². The van der Waals surface area contributed by atoms with Crippen molar-refractivity contribution in [1.82, 2.24) is 14.7 Å². The standard InChI is InChI=1S/C16H21ClN4/c1-12-11-13(7-10-20(12)2)19-15-6-3-5-14(17)16(15)21-9-4-8-18-21/h3-6,8-9,12-13,19H,7,10-11H2,1-2H3. The number of para-hydroxylation sites is 1. The molecular weight excluding hydrogens is 284 g/mol. The molecule has 2 atom stereocenters. The highest BCUT2D eigenvalue weighted by molar-refractivity contribution is 6.33. The summed E-state index contributed by atoms with van der Waals surface area (Å²) in [5.74, 6) is 0. The fourth-order valence-electron chi connectivity index (χ4n) is 2.91. The Labute approximate surface area is 130 Å². The molecule has 0 aliphatic carbocycles. The van der Waals surface area contributed by atoms with E-state index in [1.165, 1.54) is 0 Å². The minimum Gasteiger partial charge on any atom is -0.380 e. The van der Waals surface area contributed by atoms with Gasteiger partial charge in [0, 0.05) is 31.0 Å². The van der Waals surface area contributed by atoms with Crippen LogP contribution in [0.4, 0.5) is 5.69 Å². The maximum Gasteiger partial charge on any atom is 0.106 e. The minimum atomic E-state index is 0.476. The van der Waals surface area contributed by atoms with Crippen molar-refractivity contribution in [2.24, 2.45) is 0 Å². The van der Waals surface area contributed by atoms with E-state index in [1.54, 1.807) is 6.20 Å². The Bertz CT molecular complexity index is 596. The number of piperidine rings is 1. The number of nitrogens with one attached hydrogen (secondary N) is 1. The summed E-state index contributed by atoms with van der Waals surface area (Å²) in [6.07, 6.45) is 5.97. The van der Waals surface area contributed by atoms with Crippen LogP contribution in [-0.4, -0.2) is 40.4 Å². The largest absolute Gasteiger partial charge is 0.380 e. The summed E-state index contributed by atoms with van der Waals surface area (Å²) in [6, 6.07) is 8.95. The van der Waals surface area contributed by atoms with Gasteiger partial charge >= 0.3 is 0 Å². The lowest BCUT2D eigenvalue weighted by Gasteiger charge is -2.36. The molecule has 1 aromatic heterocycles. The summed E-state index contributed by atoms with van der Waals surface area (Å²) >= 11 is 6.38. The van der Waals surface area contributed by atoms with Crippen molar-refractivity contribution in [2.75, 3.05) is 18.9 Å². The van der Waals surface area contributed by atoms with Crippen LogP contribution in [0.1, 0.15) is 19.8 Å². The molecular formula is C16H21ClN4. The average molecular weight is 305 g/mol. The van der Waals surface area contributed by atoms with Crippen molar-refractivity contribution in [3.63, 3.8) is 0 Å². The predicted molar refractivity (Wildman–Crippen MR) is 87.3 cm³/mol. The third kappa shape index (κ3) is 3.06. The second-order valence-corrected chi connectivity index (χ2v) is 6.19. The molecule has 1 aliphatic heterocycles. The first-order chi connectivity index (χ1) is 10.1. The lowest BCUT2D eigenvalue weighted by Crippen LogP contribution is -2.42. The van der Waals surface area contributed by atoms with Crippen molar-refractivity contribution in [3.8, 4) is 5.69 Å². The summed E-state index contributed by atoms with van der Waals surface area (Å²) in [6.45, 7) is 3.40. The summed E-state index contributed by atoms with van der Waals surface area (Å²) in [4.78, 5) is 2.41. The molecule has 0 radical (unpaired) electrons. The Morgan fingerprint density at radius 3 is 2.90 bits per heavy atom. The van der Waals surface area contributed by atoms with Gasteiger partial charge in [0.2, 0.25) is 0 Å². The van der Waals surface area contributed by atoms with Gasteiger partial charge in [0.15, 0.2) is 0 Å². The van der Waals surface area contributed by atoms with Gasteiger partial charge in [0.1, 0.15) is 5.69 Å². The average Bonchev–Trinajstić information content (AvgIpc) is 2.97. The van der Waals surface area contributed by atoms with E-state index in [0.29, 0.717) is 17.1 Å². The number of hydrogen-bond donors (Lipinski definition) is 1. The van der Waals surface area contributed by atoms with Gasteiger partial charge in [-0.15, -0.1) is 0 Å². The summed E-state index contributed by atoms with van der Waals surface area (Å²) < 4.78 is 1.82. The van der Waals surface area contributed by atoms with Crippen LogP contribution in [0, 0.1) is 0 Å². The monoisotopic (exact) mass is 304 g/mol. The molecule has 2 aromatic rings. The highest BCUT2D eigenvalue weighted by Crippen LogP contribution is 2.30. The zero-order valence-corrected chi connectivity index (χ0v) is 13.2. The van der Waals surface area contributed by atoms with Crippen LogP contribution in [0.15, 0.2) is 36.7 Å². The van der Waals surface area contributed by atoms with Crippen LogP contribution in [0.25, 0.3) is 5.69 Å². The van der Waals surface area contributed by atoms with E-state index in [4.69, 9.17) is 11.6 Å². The lowest BCUT2D eigenvalue weighted by atomic mass is 9.98. The molecule has 1 aromatic carbocycles. The molecule has 1 aliphatic rings. The number of nitrogens with zero attached hydrogens (tertiary/aromatic N) is 3. The molecule has 3 rings (SSSR count). The SMILES string of the molecule is CC1CC(Nc2cccc(Cl)c2-n2cccn2)CCN1C. The van der Waals surface area contributed by atoms with Crippen LogP contribution >= 0.6 is 11.6 Å². The van der Waals surface area contributed by atoms with Gasteiger partial charge in [-0.1, -0.05) is 17.7 Å². The first-order valence-electron chi connectivity index (χ1n) is 7.40. The molecule has 1 fully saturated rings. The van der Waals surface area contributed by atoms with Gasteiger partial charge < -0.3 is 10.2 Å². The molecule has 0 saturated carbocycles. The molecule has 112 valence electrons. The van der Waals surface area contributed by atoms with Gasteiger partial charge in [-0.05, 0) is 45.0 Å². The number of aromatic nitrogens is 2.